The van der Waals surface area contributed by atoms with Gasteiger partial charge in [-0.2, -0.15) is 14.9 Å². The molecule has 0 amide bonds. The summed E-state index contributed by atoms with van der Waals surface area (Å²) in [5, 5.41) is 21.2. The molecule has 0 saturated heterocycles. The van der Waals surface area contributed by atoms with Crippen LogP contribution in [0.15, 0.2) is 21.7 Å². The van der Waals surface area contributed by atoms with Gasteiger partial charge in [-0.3, -0.25) is 5.10 Å². The number of nitrogens with one attached hydrogen (secondary N) is 1. The Bertz CT molecular complexity index is 723. The number of aromatic amines is 1. The second kappa shape index (κ2) is 6.86. The van der Waals surface area contributed by atoms with Gasteiger partial charge in [-0.05, 0) is 30.8 Å². The van der Waals surface area contributed by atoms with E-state index in [4.69, 9.17) is 17.0 Å². The number of ether oxygens (including phenoxy) is 1. The molecule has 21 heavy (non-hydrogen) atoms. The Morgan fingerprint density at radius 3 is 3.00 bits per heavy atom. The molecule has 0 saturated carbocycles. The van der Waals surface area contributed by atoms with Crippen molar-refractivity contribution in [2.24, 2.45) is 5.10 Å². The molecule has 112 valence electrons. The molecule has 0 aliphatic rings. The minimum atomic E-state index is 0.0245. The zero-order valence-electron chi connectivity index (χ0n) is 11.6. The first kappa shape index (κ1) is 15.7. The lowest BCUT2D eigenvalue weighted by atomic mass is 10.2. The standard InChI is InChI=1S/C13H15BrN4O2S/c1-3-4-11-16-17-13(21)18(11)15-7-8-5-9(14)6-10(20-2)12(8)19/h5-7,19H,3-4H2,1-2H3,(H,17,21)/b15-7-. The number of rotatable bonds is 5. The number of aromatic nitrogens is 3. The van der Waals surface area contributed by atoms with Gasteiger partial charge >= 0.3 is 0 Å². The van der Waals surface area contributed by atoms with Crippen molar-refractivity contribution in [2.45, 2.75) is 19.8 Å². The number of halogens is 1. The fourth-order valence-corrected chi connectivity index (χ4v) is 2.45. The third-order valence-corrected chi connectivity index (χ3v) is 3.51. The average Bonchev–Trinajstić information content (AvgIpc) is 2.80. The van der Waals surface area contributed by atoms with E-state index in [2.05, 4.69) is 38.2 Å². The van der Waals surface area contributed by atoms with Crippen LogP contribution in [0.2, 0.25) is 0 Å². The maximum Gasteiger partial charge on any atom is 0.216 e. The van der Waals surface area contributed by atoms with Gasteiger partial charge in [-0.1, -0.05) is 22.9 Å². The van der Waals surface area contributed by atoms with Gasteiger partial charge in [0, 0.05) is 16.5 Å². The van der Waals surface area contributed by atoms with E-state index in [0.717, 1.165) is 23.1 Å². The van der Waals surface area contributed by atoms with Crippen LogP contribution in [0.3, 0.4) is 0 Å². The van der Waals surface area contributed by atoms with Crippen LogP contribution >= 0.6 is 28.1 Å². The lowest BCUT2D eigenvalue weighted by molar-refractivity contribution is 0.373. The zero-order chi connectivity index (χ0) is 15.4. The van der Waals surface area contributed by atoms with E-state index in [-0.39, 0.29) is 5.75 Å². The van der Waals surface area contributed by atoms with E-state index in [1.165, 1.54) is 13.3 Å². The Balaban J connectivity index is 2.40. The Kier molecular flexibility index (Phi) is 5.13. The highest BCUT2D eigenvalue weighted by Crippen LogP contribution is 2.32. The Hall–Kier alpha value is -1.67. The van der Waals surface area contributed by atoms with Crippen molar-refractivity contribution in [3.63, 3.8) is 0 Å². The van der Waals surface area contributed by atoms with Crippen LogP contribution in [0, 0.1) is 4.77 Å². The number of phenolic OH excluding ortho intramolecular Hbond substituents is 1. The van der Waals surface area contributed by atoms with E-state index < -0.39 is 0 Å². The molecule has 0 aliphatic heterocycles. The van der Waals surface area contributed by atoms with Crippen molar-refractivity contribution < 1.29 is 9.84 Å². The maximum atomic E-state index is 10.1. The van der Waals surface area contributed by atoms with Crippen molar-refractivity contribution >= 4 is 34.4 Å². The SMILES string of the molecule is CCCc1n[nH]c(=S)n1/N=C\c1cc(Br)cc(OC)c1O. The van der Waals surface area contributed by atoms with E-state index >= 15 is 0 Å². The van der Waals surface area contributed by atoms with Crippen LogP contribution in [0.25, 0.3) is 0 Å². The van der Waals surface area contributed by atoms with Gasteiger partial charge in [0.05, 0.1) is 13.3 Å². The number of aromatic hydroxyl groups is 1. The molecule has 8 heteroatoms. The smallest absolute Gasteiger partial charge is 0.216 e. The second-order valence-electron chi connectivity index (χ2n) is 4.30. The fourth-order valence-electron chi connectivity index (χ4n) is 1.80. The molecule has 0 radical (unpaired) electrons. The van der Waals surface area contributed by atoms with Crippen LogP contribution in [0.5, 0.6) is 11.5 Å². The molecular weight excluding hydrogens is 356 g/mol. The normalized spacial score (nSPS) is 11.2. The summed E-state index contributed by atoms with van der Waals surface area (Å²) >= 11 is 8.51. The number of phenols is 1. The molecule has 0 spiro atoms. The first-order valence-electron chi connectivity index (χ1n) is 6.34. The summed E-state index contributed by atoms with van der Waals surface area (Å²) in [6.07, 6.45) is 3.22. The minimum Gasteiger partial charge on any atom is -0.504 e. The van der Waals surface area contributed by atoms with E-state index in [1.807, 2.05) is 0 Å². The van der Waals surface area contributed by atoms with Crippen molar-refractivity contribution in [1.82, 2.24) is 14.9 Å². The summed E-state index contributed by atoms with van der Waals surface area (Å²) in [6, 6.07) is 3.42. The minimum absolute atomic E-state index is 0.0245. The highest BCUT2D eigenvalue weighted by atomic mass is 79.9. The quantitative estimate of drug-likeness (QED) is 0.625. The van der Waals surface area contributed by atoms with Gasteiger partial charge in [0.2, 0.25) is 4.77 Å². The highest BCUT2D eigenvalue weighted by Gasteiger charge is 2.09. The van der Waals surface area contributed by atoms with Gasteiger partial charge in [0.25, 0.3) is 0 Å². The topological polar surface area (TPSA) is 75.4 Å². The number of methoxy groups -OCH3 is 1. The predicted molar refractivity (Wildman–Crippen MR) is 86.8 cm³/mol. The number of H-pyrrole nitrogens is 1. The molecular formula is C13H15BrN4O2S. The molecule has 2 aromatic rings. The van der Waals surface area contributed by atoms with Crippen molar-refractivity contribution in [3.8, 4) is 11.5 Å². The molecule has 0 atom stereocenters. The van der Waals surface area contributed by atoms with Gasteiger partial charge in [-0.25, -0.2) is 0 Å². The number of hydrogen-bond acceptors (Lipinski definition) is 5. The van der Waals surface area contributed by atoms with E-state index in [0.29, 0.717) is 16.1 Å². The lowest BCUT2D eigenvalue weighted by Crippen LogP contribution is -1.99. The molecule has 1 aromatic heterocycles. The van der Waals surface area contributed by atoms with Crippen LogP contribution in [-0.4, -0.2) is 33.3 Å². The van der Waals surface area contributed by atoms with Crippen LogP contribution in [0.1, 0.15) is 24.7 Å². The third kappa shape index (κ3) is 3.51. The Morgan fingerprint density at radius 1 is 1.57 bits per heavy atom. The molecule has 2 rings (SSSR count). The summed E-state index contributed by atoms with van der Waals surface area (Å²) in [4.78, 5) is 0. The molecule has 2 N–H and O–H groups in total. The fraction of sp³-hybridized carbons (Fsp3) is 0.308. The first-order valence-corrected chi connectivity index (χ1v) is 7.54. The van der Waals surface area contributed by atoms with E-state index in [9.17, 15) is 5.11 Å². The summed E-state index contributed by atoms with van der Waals surface area (Å²) in [5.74, 6) is 1.15. The monoisotopic (exact) mass is 370 g/mol. The van der Waals surface area contributed by atoms with Crippen LogP contribution in [-0.2, 0) is 6.42 Å². The Morgan fingerprint density at radius 2 is 2.33 bits per heavy atom. The average molecular weight is 371 g/mol. The van der Waals surface area contributed by atoms with Crippen LogP contribution < -0.4 is 4.74 Å². The number of benzene rings is 1. The van der Waals surface area contributed by atoms with E-state index in [1.54, 1.807) is 16.8 Å². The third-order valence-electron chi connectivity index (χ3n) is 2.79. The lowest BCUT2D eigenvalue weighted by Gasteiger charge is -2.06. The molecule has 0 fully saturated rings. The molecule has 1 aromatic carbocycles. The number of aryl methyl sites for hydroxylation is 1. The summed E-state index contributed by atoms with van der Waals surface area (Å²) < 4.78 is 7.84. The van der Waals surface area contributed by atoms with Gasteiger partial charge in [0.15, 0.2) is 17.3 Å². The first-order chi connectivity index (χ1) is 10.1. The summed E-state index contributed by atoms with van der Waals surface area (Å²) in [7, 11) is 1.49. The predicted octanol–water partition coefficient (Wildman–Crippen LogP) is 3.25. The highest BCUT2D eigenvalue weighted by molar-refractivity contribution is 9.10. The molecule has 0 unspecified atom stereocenters. The molecule has 0 bridgehead atoms. The molecule has 0 aliphatic carbocycles. The van der Waals surface area contributed by atoms with Crippen molar-refractivity contribution in [3.05, 3.63) is 32.8 Å². The van der Waals surface area contributed by atoms with Gasteiger partial charge in [-0.15, -0.1) is 0 Å². The van der Waals surface area contributed by atoms with Gasteiger partial charge < -0.3 is 9.84 Å². The van der Waals surface area contributed by atoms with Crippen LogP contribution in [0.4, 0.5) is 0 Å². The number of nitrogens with zero attached hydrogens (tertiary/aromatic N) is 3. The summed E-state index contributed by atoms with van der Waals surface area (Å²) in [6.45, 7) is 2.05. The summed E-state index contributed by atoms with van der Waals surface area (Å²) in [5.41, 5.74) is 0.520. The largest absolute Gasteiger partial charge is 0.504 e. The second-order valence-corrected chi connectivity index (χ2v) is 5.60. The molecule has 6 nitrogen and oxygen atoms in total. The molecule has 1 heterocycles. The zero-order valence-corrected chi connectivity index (χ0v) is 14.0. The maximum absolute atomic E-state index is 10.1. The van der Waals surface area contributed by atoms with Gasteiger partial charge in [0.1, 0.15) is 0 Å². The Labute approximate surface area is 135 Å². The van der Waals surface area contributed by atoms with Crippen molar-refractivity contribution in [2.75, 3.05) is 7.11 Å². The number of hydrogen-bond donors (Lipinski definition) is 2. The van der Waals surface area contributed by atoms with Crippen molar-refractivity contribution in [1.29, 1.82) is 0 Å².